The highest BCUT2D eigenvalue weighted by Gasteiger charge is 2.32. The second kappa shape index (κ2) is 8.64. The zero-order valence-corrected chi connectivity index (χ0v) is 18.8. The van der Waals surface area contributed by atoms with Gasteiger partial charge in [0.15, 0.2) is 0 Å². The molecule has 0 spiro atoms. The molecule has 3 rings (SSSR count). The largest absolute Gasteiger partial charge is 0.344 e. The quantitative estimate of drug-likeness (QED) is 0.643. The molecule has 0 radical (unpaired) electrons. The first kappa shape index (κ1) is 18.8. The van der Waals surface area contributed by atoms with Crippen molar-refractivity contribution >= 4 is 41.5 Å². The van der Waals surface area contributed by atoms with Crippen LogP contribution in [0.25, 0.3) is 0 Å². The van der Waals surface area contributed by atoms with Gasteiger partial charge < -0.3 is 8.95 Å². The van der Waals surface area contributed by atoms with Gasteiger partial charge in [-0.3, -0.25) is 0 Å². The summed E-state index contributed by atoms with van der Waals surface area (Å²) in [5.74, 6) is 0. The summed E-state index contributed by atoms with van der Waals surface area (Å²) in [5.41, 5.74) is 0. The van der Waals surface area contributed by atoms with Crippen LogP contribution in [-0.2, 0) is 0 Å². The van der Waals surface area contributed by atoms with Gasteiger partial charge in [0, 0.05) is 0 Å². The Labute approximate surface area is 161 Å². The molecular weight excluding hydrogens is 365 g/mol. The lowest BCUT2D eigenvalue weighted by atomic mass is 10.4. The molecule has 26 heavy (non-hydrogen) atoms. The molecule has 0 bridgehead atoms. The summed E-state index contributed by atoms with van der Waals surface area (Å²) >= 11 is 0. The summed E-state index contributed by atoms with van der Waals surface area (Å²) in [5, 5.41) is 4.19. The first-order chi connectivity index (χ1) is 12.6. The minimum absolute atomic E-state index is 0.951. The van der Waals surface area contributed by atoms with Crippen LogP contribution in [0.4, 0.5) is 0 Å². The maximum absolute atomic E-state index is 5.48. The first-order valence-corrected chi connectivity index (χ1v) is 15.8. The fourth-order valence-corrected chi connectivity index (χ4v) is 14.8. The van der Waals surface area contributed by atoms with Crippen LogP contribution in [0.15, 0.2) is 95.3 Å². The molecule has 2 nitrogen and oxygen atoms in total. The van der Waals surface area contributed by atoms with E-state index in [-0.39, 0.29) is 0 Å². The number of hydrogen-bond acceptors (Lipinski definition) is 2. The lowest BCUT2D eigenvalue weighted by molar-refractivity contribution is 1.35. The molecule has 0 saturated carbocycles. The van der Waals surface area contributed by atoms with E-state index in [1.807, 2.05) is 0 Å². The molecule has 3 aromatic rings. The van der Waals surface area contributed by atoms with Crippen molar-refractivity contribution in [1.29, 1.82) is 0 Å². The van der Waals surface area contributed by atoms with Crippen molar-refractivity contribution < 1.29 is 0 Å². The zero-order valence-electron chi connectivity index (χ0n) is 15.7. The standard InChI is InChI=1S/C21H26N2Si3/c1-24(19-13-7-4-8-14-19)22-26(3,21-17-11-6-12-18-21)23-25(2)20-15-9-5-10-16-20/h4-18,22,24H,1-3H3/b25-23-. The Balaban J connectivity index is 1.98. The van der Waals surface area contributed by atoms with Gasteiger partial charge in [-0.15, -0.1) is 0 Å². The minimum atomic E-state index is -2.14. The fourth-order valence-electron chi connectivity index (χ4n) is 3.27. The summed E-state index contributed by atoms with van der Waals surface area (Å²) in [4.78, 5) is 0. The molecule has 0 aliphatic rings. The second-order valence-corrected chi connectivity index (χ2v) is 15.4. The Morgan fingerprint density at radius 2 is 1.31 bits per heavy atom. The highest BCUT2D eigenvalue weighted by Crippen LogP contribution is 2.05. The molecule has 0 amide bonds. The molecule has 0 aromatic heterocycles. The molecular formula is C21H26N2Si3. The van der Waals surface area contributed by atoms with Gasteiger partial charge in [-0.2, -0.15) is 0 Å². The van der Waals surface area contributed by atoms with Gasteiger partial charge >= 0.3 is 0 Å². The Bertz CT molecular complexity index is 854. The van der Waals surface area contributed by atoms with Crippen LogP contribution in [0.5, 0.6) is 0 Å². The third-order valence-corrected chi connectivity index (χ3v) is 15.8. The Morgan fingerprint density at radius 3 is 1.88 bits per heavy atom. The smallest absolute Gasteiger partial charge is 0.265 e. The maximum atomic E-state index is 5.48. The van der Waals surface area contributed by atoms with Gasteiger partial charge in [-0.05, 0) is 28.7 Å². The van der Waals surface area contributed by atoms with E-state index >= 15 is 0 Å². The second-order valence-electron chi connectivity index (χ2n) is 6.78. The van der Waals surface area contributed by atoms with E-state index in [4.69, 9.17) is 4.30 Å². The molecule has 1 N–H and O–H groups in total. The minimum Gasteiger partial charge on any atom is -0.344 e. The van der Waals surface area contributed by atoms with E-state index in [0.29, 0.717) is 0 Å². The van der Waals surface area contributed by atoms with E-state index < -0.39 is 25.9 Å². The predicted octanol–water partition coefficient (Wildman–Crippen LogP) is 2.61. The number of benzene rings is 3. The van der Waals surface area contributed by atoms with Crippen molar-refractivity contribution in [2.24, 2.45) is 4.30 Å². The van der Waals surface area contributed by atoms with Crippen LogP contribution in [0.1, 0.15) is 0 Å². The van der Waals surface area contributed by atoms with Gasteiger partial charge in [0.1, 0.15) is 17.5 Å². The topological polar surface area (TPSA) is 24.4 Å². The molecule has 0 fully saturated rings. The van der Waals surface area contributed by atoms with E-state index in [9.17, 15) is 0 Å². The van der Waals surface area contributed by atoms with Crippen molar-refractivity contribution in [2.45, 2.75) is 19.6 Å². The fraction of sp³-hybridized carbons (Fsp3) is 0.143. The highest BCUT2D eigenvalue weighted by atomic mass is 28.4. The average molecular weight is 391 g/mol. The van der Waals surface area contributed by atoms with Gasteiger partial charge in [-0.25, -0.2) is 0 Å². The molecule has 3 aromatic carbocycles. The van der Waals surface area contributed by atoms with Crippen LogP contribution < -0.4 is 20.2 Å². The molecule has 0 heterocycles. The van der Waals surface area contributed by atoms with Crippen LogP contribution in [0.2, 0.25) is 19.6 Å². The molecule has 2 unspecified atom stereocenters. The van der Waals surface area contributed by atoms with Crippen LogP contribution in [0, 0.1) is 0 Å². The van der Waals surface area contributed by atoms with Gasteiger partial charge in [0.2, 0.25) is 0 Å². The van der Waals surface area contributed by atoms with E-state index in [2.05, 4.69) is 115 Å². The number of hydrogen-bond donors (Lipinski definition) is 1. The summed E-state index contributed by atoms with van der Waals surface area (Å²) in [6.07, 6.45) is 0. The van der Waals surface area contributed by atoms with Crippen molar-refractivity contribution in [3.05, 3.63) is 91.0 Å². The van der Waals surface area contributed by atoms with Crippen molar-refractivity contribution in [1.82, 2.24) is 4.65 Å². The number of nitrogens with one attached hydrogen (secondary N) is 1. The van der Waals surface area contributed by atoms with E-state index in [0.717, 1.165) is 0 Å². The normalized spacial score (nSPS) is 15.3. The molecule has 5 heteroatoms. The van der Waals surface area contributed by atoms with E-state index in [1.54, 1.807) is 0 Å². The maximum Gasteiger partial charge on any atom is 0.265 e. The Kier molecular flexibility index (Phi) is 6.26. The molecule has 0 saturated heterocycles. The van der Waals surface area contributed by atoms with Crippen molar-refractivity contribution in [2.75, 3.05) is 0 Å². The van der Waals surface area contributed by atoms with Crippen LogP contribution in [-0.4, -0.2) is 25.9 Å². The van der Waals surface area contributed by atoms with Crippen LogP contribution in [0.3, 0.4) is 0 Å². The molecule has 0 aliphatic carbocycles. The van der Waals surface area contributed by atoms with Crippen LogP contribution >= 0.6 is 0 Å². The van der Waals surface area contributed by atoms with Gasteiger partial charge in [0.25, 0.3) is 8.40 Å². The first-order valence-electron chi connectivity index (χ1n) is 9.08. The Morgan fingerprint density at radius 1 is 0.808 bits per heavy atom. The van der Waals surface area contributed by atoms with Crippen molar-refractivity contribution in [3.8, 4) is 0 Å². The third kappa shape index (κ3) is 4.62. The summed E-state index contributed by atoms with van der Waals surface area (Å²) in [6.45, 7) is 7.06. The summed E-state index contributed by atoms with van der Waals surface area (Å²) in [7, 11) is -4.36. The lowest BCUT2D eigenvalue weighted by Crippen LogP contribution is -2.64. The summed E-state index contributed by atoms with van der Waals surface area (Å²) < 4.78 is 9.54. The monoisotopic (exact) mass is 390 g/mol. The van der Waals surface area contributed by atoms with E-state index in [1.165, 1.54) is 15.6 Å². The zero-order chi connectivity index (χ0) is 18.4. The predicted molar refractivity (Wildman–Crippen MR) is 120 cm³/mol. The summed E-state index contributed by atoms with van der Waals surface area (Å²) in [6, 6.07) is 32.5. The molecule has 0 aliphatic heterocycles. The molecule has 2 atom stereocenters. The average Bonchev–Trinajstić information content (AvgIpc) is 2.70. The highest BCUT2D eigenvalue weighted by molar-refractivity contribution is 6.98. The van der Waals surface area contributed by atoms with Gasteiger partial charge in [-0.1, -0.05) is 97.5 Å². The lowest BCUT2D eigenvalue weighted by Gasteiger charge is -2.29. The number of rotatable bonds is 6. The van der Waals surface area contributed by atoms with Gasteiger partial charge in [0.05, 0.1) is 0 Å². The SMILES string of the molecule is C/[Si](=N/[Si](C)(N[SiH](C)c1ccccc1)c1ccccc1)c1ccccc1. The van der Waals surface area contributed by atoms with Crippen molar-refractivity contribution in [3.63, 3.8) is 0 Å². The third-order valence-electron chi connectivity index (χ3n) is 4.72. The molecule has 132 valence electrons. The number of nitrogens with zero attached hydrogens (tertiary/aromatic N) is 1. The Hall–Kier alpha value is -1.93.